The summed E-state index contributed by atoms with van der Waals surface area (Å²) in [5.74, 6) is 0.465. The van der Waals surface area contributed by atoms with Crippen molar-refractivity contribution in [2.75, 3.05) is 6.54 Å². The van der Waals surface area contributed by atoms with Gasteiger partial charge in [-0.3, -0.25) is 9.48 Å². The summed E-state index contributed by atoms with van der Waals surface area (Å²) in [5, 5.41) is 6.92. The van der Waals surface area contributed by atoms with Crippen LogP contribution in [0.4, 0.5) is 0 Å². The molecule has 0 saturated carbocycles. The van der Waals surface area contributed by atoms with E-state index in [0.717, 1.165) is 11.1 Å². The van der Waals surface area contributed by atoms with Crippen molar-refractivity contribution in [2.45, 2.75) is 32.2 Å². The summed E-state index contributed by atoms with van der Waals surface area (Å²) < 4.78 is 1.69. The average molecular weight is 373 g/mol. The van der Waals surface area contributed by atoms with Crippen LogP contribution < -0.4 is 11.1 Å². The molecule has 1 amide bonds. The number of carbonyl (C=O) groups is 1. The summed E-state index contributed by atoms with van der Waals surface area (Å²) in [6.07, 6.45) is 3.86. The van der Waals surface area contributed by atoms with Crippen LogP contribution in [0, 0.1) is 0 Å². The molecule has 134 valence electrons. The lowest BCUT2D eigenvalue weighted by atomic mass is 9.99. The molecule has 0 aliphatic heterocycles. The van der Waals surface area contributed by atoms with Crippen molar-refractivity contribution in [1.29, 1.82) is 0 Å². The van der Waals surface area contributed by atoms with E-state index in [2.05, 4.69) is 36.4 Å². The zero-order chi connectivity index (χ0) is 16.1. The summed E-state index contributed by atoms with van der Waals surface area (Å²) in [6, 6.07) is 8.06. The third kappa shape index (κ3) is 6.51. The molecule has 1 atom stereocenters. The van der Waals surface area contributed by atoms with Crippen molar-refractivity contribution >= 4 is 30.7 Å². The maximum Gasteiger partial charge on any atom is 0.224 e. The summed E-state index contributed by atoms with van der Waals surface area (Å²) in [4.78, 5) is 11.9. The SMILES string of the molecule is CC(C)c1ccc(C(N)CNC(=O)Cc2cnn(C)c2)cc1.Cl.Cl. The summed E-state index contributed by atoms with van der Waals surface area (Å²) >= 11 is 0. The average Bonchev–Trinajstić information content (AvgIpc) is 2.90. The van der Waals surface area contributed by atoms with Gasteiger partial charge < -0.3 is 11.1 Å². The van der Waals surface area contributed by atoms with Gasteiger partial charge in [0.25, 0.3) is 0 Å². The molecule has 0 bridgehead atoms. The van der Waals surface area contributed by atoms with E-state index in [9.17, 15) is 4.79 Å². The van der Waals surface area contributed by atoms with Gasteiger partial charge in [-0.2, -0.15) is 5.10 Å². The molecule has 1 unspecified atom stereocenters. The zero-order valence-electron chi connectivity index (χ0n) is 14.2. The smallest absolute Gasteiger partial charge is 0.224 e. The van der Waals surface area contributed by atoms with Crippen LogP contribution in [0.1, 0.15) is 42.5 Å². The molecule has 5 nitrogen and oxygen atoms in total. The van der Waals surface area contributed by atoms with Crippen LogP contribution in [0.5, 0.6) is 0 Å². The number of amides is 1. The van der Waals surface area contributed by atoms with Crippen molar-refractivity contribution in [2.24, 2.45) is 12.8 Å². The molecule has 1 aromatic heterocycles. The van der Waals surface area contributed by atoms with E-state index in [0.29, 0.717) is 18.9 Å². The van der Waals surface area contributed by atoms with Gasteiger partial charge in [0.05, 0.1) is 12.6 Å². The monoisotopic (exact) mass is 372 g/mol. The Labute approximate surface area is 155 Å². The summed E-state index contributed by atoms with van der Waals surface area (Å²) in [6.45, 7) is 4.75. The Morgan fingerprint density at radius 1 is 1.21 bits per heavy atom. The molecule has 3 N–H and O–H groups in total. The number of benzene rings is 1. The van der Waals surface area contributed by atoms with Gasteiger partial charge in [0.1, 0.15) is 0 Å². The molecule has 24 heavy (non-hydrogen) atoms. The predicted octanol–water partition coefficient (Wildman–Crippen LogP) is 2.75. The number of nitrogens with zero attached hydrogens (tertiary/aromatic N) is 2. The second-order valence-electron chi connectivity index (χ2n) is 5.93. The third-order valence-corrected chi connectivity index (χ3v) is 3.67. The molecule has 0 fully saturated rings. The second-order valence-corrected chi connectivity index (χ2v) is 5.93. The number of hydrogen-bond acceptors (Lipinski definition) is 3. The van der Waals surface area contributed by atoms with Gasteiger partial charge in [0.15, 0.2) is 0 Å². The number of rotatable bonds is 6. The number of carbonyl (C=O) groups excluding carboxylic acids is 1. The van der Waals surface area contributed by atoms with Gasteiger partial charge in [0.2, 0.25) is 5.91 Å². The van der Waals surface area contributed by atoms with Crippen molar-refractivity contribution in [3.63, 3.8) is 0 Å². The molecular weight excluding hydrogens is 347 g/mol. The van der Waals surface area contributed by atoms with Gasteiger partial charge >= 0.3 is 0 Å². The number of nitrogens with one attached hydrogen (secondary N) is 1. The minimum absolute atomic E-state index is 0. The number of nitrogens with two attached hydrogens (primary N) is 1. The van der Waals surface area contributed by atoms with Crippen LogP contribution in [0.25, 0.3) is 0 Å². The summed E-state index contributed by atoms with van der Waals surface area (Å²) in [5.41, 5.74) is 9.36. The fraction of sp³-hybridized carbons (Fsp3) is 0.412. The Morgan fingerprint density at radius 2 is 1.79 bits per heavy atom. The first kappa shape index (κ1) is 22.4. The van der Waals surface area contributed by atoms with E-state index < -0.39 is 0 Å². The fourth-order valence-electron chi connectivity index (χ4n) is 2.28. The largest absolute Gasteiger partial charge is 0.354 e. The van der Waals surface area contributed by atoms with E-state index >= 15 is 0 Å². The van der Waals surface area contributed by atoms with E-state index in [1.54, 1.807) is 10.9 Å². The molecule has 0 saturated heterocycles. The number of aryl methyl sites for hydroxylation is 1. The number of hydrogen-bond donors (Lipinski definition) is 2. The van der Waals surface area contributed by atoms with Crippen LogP contribution in [0.3, 0.4) is 0 Å². The highest BCUT2D eigenvalue weighted by atomic mass is 35.5. The standard InChI is InChI=1S/C17H24N4O.2ClH/c1-12(2)14-4-6-15(7-5-14)16(18)10-19-17(22)8-13-9-20-21(3)11-13;;/h4-7,9,11-12,16H,8,10,18H2,1-3H3,(H,19,22);2*1H. The first-order chi connectivity index (χ1) is 10.5. The Kier molecular flexibility index (Phi) is 9.66. The highest BCUT2D eigenvalue weighted by Crippen LogP contribution is 2.17. The third-order valence-electron chi connectivity index (χ3n) is 3.67. The maximum absolute atomic E-state index is 11.9. The van der Waals surface area contributed by atoms with Gasteiger partial charge in [0, 0.05) is 25.8 Å². The van der Waals surface area contributed by atoms with Crippen LogP contribution in [0.15, 0.2) is 36.7 Å². The lowest BCUT2D eigenvalue weighted by Gasteiger charge is -2.14. The molecule has 0 aliphatic carbocycles. The first-order valence-corrected chi connectivity index (χ1v) is 7.55. The number of halogens is 2. The van der Waals surface area contributed by atoms with Gasteiger partial charge in [-0.05, 0) is 22.6 Å². The van der Waals surface area contributed by atoms with Crippen molar-refractivity contribution in [1.82, 2.24) is 15.1 Å². The highest BCUT2D eigenvalue weighted by Gasteiger charge is 2.10. The first-order valence-electron chi connectivity index (χ1n) is 7.55. The van der Waals surface area contributed by atoms with Crippen molar-refractivity contribution in [3.05, 3.63) is 53.3 Å². The lowest BCUT2D eigenvalue weighted by Crippen LogP contribution is -2.32. The molecule has 1 heterocycles. The Bertz CT molecular complexity index is 626. The Morgan fingerprint density at radius 3 is 2.29 bits per heavy atom. The Balaban J connectivity index is 0.00000264. The molecule has 2 rings (SSSR count). The molecule has 0 radical (unpaired) electrons. The second kappa shape index (κ2) is 10.3. The minimum atomic E-state index is -0.195. The van der Waals surface area contributed by atoms with Crippen molar-refractivity contribution in [3.8, 4) is 0 Å². The van der Waals surface area contributed by atoms with Crippen LogP contribution in [0.2, 0.25) is 0 Å². The molecule has 2 aromatic rings. The van der Waals surface area contributed by atoms with E-state index in [1.807, 2.05) is 25.4 Å². The van der Waals surface area contributed by atoms with Crippen LogP contribution in [-0.4, -0.2) is 22.2 Å². The van der Waals surface area contributed by atoms with Gasteiger partial charge in [-0.1, -0.05) is 38.1 Å². The molecule has 1 aromatic carbocycles. The summed E-state index contributed by atoms with van der Waals surface area (Å²) in [7, 11) is 1.83. The topological polar surface area (TPSA) is 72.9 Å². The van der Waals surface area contributed by atoms with E-state index in [4.69, 9.17) is 5.73 Å². The normalized spacial score (nSPS) is 11.4. The van der Waals surface area contributed by atoms with Gasteiger partial charge in [-0.25, -0.2) is 0 Å². The van der Waals surface area contributed by atoms with Gasteiger partial charge in [-0.15, -0.1) is 24.8 Å². The van der Waals surface area contributed by atoms with Crippen LogP contribution >= 0.6 is 24.8 Å². The van der Waals surface area contributed by atoms with E-state index in [1.165, 1.54) is 5.56 Å². The minimum Gasteiger partial charge on any atom is -0.354 e. The maximum atomic E-state index is 11.9. The Hall–Kier alpha value is -1.56. The number of aromatic nitrogens is 2. The van der Waals surface area contributed by atoms with Crippen LogP contribution in [-0.2, 0) is 18.3 Å². The van der Waals surface area contributed by atoms with Crippen molar-refractivity contribution < 1.29 is 4.79 Å². The predicted molar refractivity (Wildman–Crippen MR) is 102 cm³/mol. The highest BCUT2D eigenvalue weighted by molar-refractivity contribution is 5.85. The molecule has 0 aliphatic rings. The molecule has 7 heteroatoms. The van der Waals surface area contributed by atoms with E-state index in [-0.39, 0.29) is 36.8 Å². The lowest BCUT2D eigenvalue weighted by molar-refractivity contribution is -0.120. The zero-order valence-corrected chi connectivity index (χ0v) is 15.9. The fourth-order valence-corrected chi connectivity index (χ4v) is 2.28. The molecule has 0 spiro atoms. The quantitative estimate of drug-likeness (QED) is 0.818. The molecular formula is C17H26Cl2N4O.